The summed E-state index contributed by atoms with van der Waals surface area (Å²) in [5.74, 6) is 0.687. The Morgan fingerprint density at radius 2 is 1.81 bits per heavy atom. The first-order valence-electron chi connectivity index (χ1n) is 6.15. The van der Waals surface area contributed by atoms with Gasteiger partial charge < -0.3 is 10.6 Å². The van der Waals surface area contributed by atoms with Crippen LogP contribution in [-0.2, 0) is 6.54 Å². The maximum absolute atomic E-state index is 12.7. The molecular weight excluding hydrogens is 203 g/mol. The Labute approximate surface area is 96.2 Å². The van der Waals surface area contributed by atoms with Gasteiger partial charge in [-0.05, 0) is 12.1 Å². The van der Waals surface area contributed by atoms with Crippen LogP contribution >= 0.6 is 0 Å². The largest absolute Gasteiger partial charge is 0.357 e. The highest BCUT2D eigenvalue weighted by atomic mass is 19.1. The summed E-state index contributed by atoms with van der Waals surface area (Å²) in [4.78, 5) is 1.62. The zero-order valence-corrected chi connectivity index (χ0v) is 9.71. The van der Waals surface area contributed by atoms with Crippen molar-refractivity contribution < 1.29 is 15.0 Å². The molecule has 0 radical (unpaired) electrons. The van der Waals surface area contributed by atoms with Gasteiger partial charge in [0, 0.05) is 24.3 Å². The summed E-state index contributed by atoms with van der Waals surface area (Å²) in [5.41, 5.74) is 5.22. The fraction of sp³-hybridized carbons (Fsp3) is 0.538. The van der Waals surface area contributed by atoms with Gasteiger partial charge in [0.25, 0.3) is 0 Å². The van der Waals surface area contributed by atoms with Crippen LogP contribution in [0.1, 0.15) is 18.4 Å². The number of hydrogen-bond donors (Lipinski definition) is 2. The van der Waals surface area contributed by atoms with Crippen LogP contribution in [0.3, 0.4) is 0 Å². The predicted octanol–water partition coefficient (Wildman–Crippen LogP) is -0.137. The number of quaternary nitrogens is 2. The van der Waals surface area contributed by atoms with Crippen molar-refractivity contribution in [1.82, 2.24) is 0 Å². The topological polar surface area (TPSA) is 32.1 Å². The maximum atomic E-state index is 12.7. The first-order valence-corrected chi connectivity index (χ1v) is 6.15. The molecule has 1 aromatic rings. The molecule has 1 aliphatic heterocycles. The second kappa shape index (κ2) is 5.41. The molecule has 16 heavy (non-hydrogen) atoms. The lowest BCUT2D eigenvalue weighted by molar-refractivity contribution is -0.920. The van der Waals surface area contributed by atoms with E-state index in [9.17, 15) is 4.39 Å². The average Bonchev–Trinajstić information content (AvgIpc) is 2.33. The first kappa shape index (κ1) is 11.6. The van der Waals surface area contributed by atoms with E-state index >= 15 is 0 Å². The highest BCUT2D eigenvalue weighted by Crippen LogP contribution is 2.07. The van der Waals surface area contributed by atoms with E-state index in [0.29, 0.717) is 0 Å². The number of piperidine rings is 1. The molecule has 0 aliphatic carbocycles. The second-order valence-corrected chi connectivity index (χ2v) is 4.79. The van der Waals surface area contributed by atoms with Crippen LogP contribution in [0.5, 0.6) is 0 Å². The number of nitrogens with one attached hydrogen (secondary N) is 1. The van der Waals surface area contributed by atoms with E-state index in [1.807, 2.05) is 12.1 Å². The standard InChI is InChI=1S/C13H19FN2/c14-13-3-1-12(2-4-13)10-16-7-5-11(9-15)6-8-16/h1-4,11H,5-10,15H2/p+2. The third-order valence-electron chi connectivity index (χ3n) is 3.59. The summed E-state index contributed by atoms with van der Waals surface area (Å²) in [6, 6.07) is 6.90. The smallest absolute Gasteiger partial charge is 0.123 e. The lowest BCUT2D eigenvalue weighted by Gasteiger charge is -2.27. The first-order chi connectivity index (χ1) is 7.78. The minimum Gasteiger partial charge on any atom is -0.357 e. The van der Waals surface area contributed by atoms with Gasteiger partial charge >= 0.3 is 0 Å². The van der Waals surface area contributed by atoms with E-state index in [-0.39, 0.29) is 5.82 Å². The molecule has 2 nitrogen and oxygen atoms in total. The molecule has 1 fully saturated rings. The van der Waals surface area contributed by atoms with Crippen molar-refractivity contribution in [3.05, 3.63) is 35.6 Å². The Morgan fingerprint density at radius 3 is 2.38 bits per heavy atom. The van der Waals surface area contributed by atoms with Gasteiger partial charge in [0.15, 0.2) is 0 Å². The van der Waals surface area contributed by atoms with Crippen molar-refractivity contribution in [2.45, 2.75) is 19.4 Å². The minimum atomic E-state index is -0.144. The molecular formula is C13H21FN2+2. The van der Waals surface area contributed by atoms with E-state index in [1.165, 1.54) is 31.5 Å². The SMILES string of the molecule is [NH3+]CC1CC[NH+](Cc2ccc(F)cc2)CC1. The van der Waals surface area contributed by atoms with Crippen molar-refractivity contribution in [3.63, 3.8) is 0 Å². The molecule has 1 aromatic carbocycles. The Bertz CT molecular complexity index is 315. The summed E-state index contributed by atoms with van der Waals surface area (Å²) >= 11 is 0. The maximum Gasteiger partial charge on any atom is 0.123 e. The Morgan fingerprint density at radius 1 is 1.19 bits per heavy atom. The predicted molar refractivity (Wildman–Crippen MR) is 61.3 cm³/mol. The van der Waals surface area contributed by atoms with E-state index in [2.05, 4.69) is 5.73 Å². The van der Waals surface area contributed by atoms with Crippen LogP contribution in [0, 0.1) is 11.7 Å². The van der Waals surface area contributed by atoms with Crippen molar-refractivity contribution in [1.29, 1.82) is 0 Å². The van der Waals surface area contributed by atoms with Crippen LogP contribution < -0.4 is 10.6 Å². The van der Waals surface area contributed by atoms with Gasteiger partial charge in [0.05, 0.1) is 19.6 Å². The van der Waals surface area contributed by atoms with Crippen LogP contribution in [-0.4, -0.2) is 19.6 Å². The zero-order valence-electron chi connectivity index (χ0n) is 9.71. The van der Waals surface area contributed by atoms with Crippen LogP contribution in [0.25, 0.3) is 0 Å². The van der Waals surface area contributed by atoms with Crippen molar-refractivity contribution in [3.8, 4) is 0 Å². The van der Waals surface area contributed by atoms with Crippen molar-refractivity contribution >= 4 is 0 Å². The molecule has 0 saturated carbocycles. The van der Waals surface area contributed by atoms with Gasteiger partial charge in [0.1, 0.15) is 12.4 Å². The molecule has 4 N–H and O–H groups in total. The van der Waals surface area contributed by atoms with Gasteiger partial charge in [-0.25, -0.2) is 4.39 Å². The molecule has 88 valence electrons. The molecule has 0 aromatic heterocycles. The van der Waals surface area contributed by atoms with Gasteiger partial charge in [-0.15, -0.1) is 0 Å². The van der Waals surface area contributed by atoms with E-state index < -0.39 is 0 Å². The van der Waals surface area contributed by atoms with E-state index in [1.54, 1.807) is 17.0 Å². The summed E-state index contributed by atoms with van der Waals surface area (Å²) in [6.07, 6.45) is 2.58. The molecule has 0 amide bonds. The van der Waals surface area contributed by atoms with E-state index in [0.717, 1.165) is 19.0 Å². The summed E-state index contributed by atoms with van der Waals surface area (Å²) < 4.78 is 12.7. The normalized spacial score (nSPS) is 25.6. The molecule has 0 bridgehead atoms. The summed E-state index contributed by atoms with van der Waals surface area (Å²) in [7, 11) is 0. The van der Waals surface area contributed by atoms with Crippen molar-refractivity contribution in [2.24, 2.45) is 5.92 Å². The molecule has 0 unspecified atom stereocenters. The molecule has 0 atom stereocenters. The quantitative estimate of drug-likeness (QED) is 0.716. The Hall–Kier alpha value is -0.930. The summed E-state index contributed by atoms with van der Waals surface area (Å²) in [6.45, 7) is 4.57. The van der Waals surface area contributed by atoms with Gasteiger partial charge in [-0.2, -0.15) is 0 Å². The second-order valence-electron chi connectivity index (χ2n) is 4.79. The van der Waals surface area contributed by atoms with Crippen LogP contribution in [0.4, 0.5) is 4.39 Å². The molecule has 1 saturated heterocycles. The average molecular weight is 224 g/mol. The van der Waals surface area contributed by atoms with Crippen molar-refractivity contribution in [2.75, 3.05) is 19.6 Å². The number of halogens is 1. The summed E-state index contributed by atoms with van der Waals surface area (Å²) in [5, 5.41) is 0. The number of rotatable bonds is 3. The van der Waals surface area contributed by atoms with Crippen LogP contribution in [0.15, 0.2) is 24.3 Å². The minimum absolute atomic E-state index is 0.144. The number of benzene rings is 1. The van der Waals surface area contributed by atoms with Gasteiger partial charge in [-0.1, -0.05) is 12.1 Å². The highest BCUT2D eigenvalue weighted by molar-refractivity contribution is 5.14. The lowest BCUT2D eigenvalue weighted by atomic mass is 9.97. The molecule has 1 aliphatic rings. The third kappa shape index (κ3) is 3.03. The highest BCUT2D eigenvalue weighted by Gasteiger charge is 2.21. The monoisotopic (exact) mass is 224 g/mol. The zero-order chi connectivity index (χ0) is 11.4. The third-order valence-corrected chi connectivity index (χ3v) is 3.59. The number of hydrogen-bond acceptors (Lipinski definition) is 0. The van der Waals surface area contributed by atoms with Gasteiger partial charge in [0.2, 0.25) is 0 Å². The molecule has 2 rings (SSSR count). The lowest BCUT2D eigenvalue weighted by Crippen LogP contribution is -3.11. The molecule has 3 heteroatoms. The van der Waals surface area contributed by atoms with Gasteiger partial charge in [-0.3, -0.25) is 0 Å². The van der Waals surface area contributed by atoms with Crippen LogP contribution in [0.2, 0.25) is 0 Å². The fourth-order valence-electron chi connectivity index (χ4n) is 2.44. The molecule has 0 spiro atoms. The van der Waals surface area contributed by atoms with E-state index in [4.69, 9.17) is 0 Å². The Balaban J connectivity index is 1.84. The number of likely N-dealkylation sites (tertiary alicyclic amines) is 1. The Kier molecular flexibility index (Phi) is 3.91. The fourth-order valence-corrected chi connectivity index (χ4v) is 2.44. The molecule has 1 heterocycles.